The molecule has 1 heterocycles. The molecule has 144 valence electrons. The molecule has 1 N–H and O–H groups in total. The molecule has 2 aromatic carbocycles. The Hall–Kier alpha value is -3.03. The molecule has 0 spiro atoms. The van der Waals surface area contributed by atoms with Crippen molar-refractivity contribution in [3.63, 3.8) is 0 Å². The summed E-state index contributed by atoms with van der Waals surface area (Å²) in [6.07, 6.45) is 0. The lowest BCUT2D eigenvalue weighted by Crippen LogP contribution is -2.31. The molecule has 28 heavy (non-hydrogen) atoms. The van der Waals surface area contributed by atoms with Crippen LogP contribution in [0.1, 0.15) is 37.5 Å². The van der Waals surface area contributed by atoms with Gasteiger partial charge in [0.2, 0.25) is 0 Å². The van der Waals surface area contributed by atoms with Crippen molar-refractivity contribution in [3.8, 4) is 0 Å². The molecule has 0 fully saturated rings. The Morgan fingerprint density at radius 2 is 1.75 bits per heavy atom. The number of nitrogens with one attached hydrogen (secondary N) is 1. The van der Waals surface area contributed by atoms with E-state index in [0.717, 1.165) is 5.56 Å². The summed E-state index contributed by atoms with van der Waals surface area (Å²) in [5.41, 5.74) is 1.79. The van der Waals surface area contributed by atoms with Gasteiger partial charge in [-0.2, -0.15) is 0 Å². The molecule has 0 radical (unpaired) electrons. The molecule has 1 atom stereocenters. The molecule has 6 nitrogen and oxygen atoms in total. The molecule has 0 aliphatic carbocycles. The van der Waals surface area contributed by atoms with Gasteiger partial charge in [-0.25, -0.2) is 9.78 Å². The standard InChI is InChI=1S/C21H20N2O4S/c1-26-21(25)18-14-28-20(23-18)17(13-27-12-15-8-4-2-5-9-15)22-19(24)16-10-6-3-7-11-16/h2-11,14,17H,12-13H2,1H3,(H,22,24). The Morgan fingerprint density at radius 1 is 1.07 bits per heavy atom. The summed E-state index contributed by atoms with van der Waals surface area (Å²) in [5, 5.41) is 5.13. The molecule has 1 amide bonds. The van der Waals surface area contributed by atoms with E-state index in [1.165, 1.54) is 18.4 Å². The van der Waals surface area contributed by atoms with E-state index in [1.807, 2.05) is 36.4 Å². The van der Waals surface area contributed by atoms with Crippen molar-refractivity contribution in [2.45, 2.75) is 12.6 Å². The van der Waals surface area contributed by atoms with Crippen molar-refractivity contribution in [2.75, 3.05) is 13.7 Å². The van der Waals surface area contributed by atoms with Crippen molar-refractivity contribution in [3.05, 3.63) is 87.9 Å². The number of rotatable bonds is 8. The minimum absolute atomic E-state index is 0.213. The maximum Gasteiger partial charge on any atom is 0.357 e. The monoisotopic (exact) mass is 396 g/mol. The van der Waals surface area contributed by atoms with E-state index in [-0.39, 0.29) is 18.2 Å². The first-order valence-corrected chi connectivity index (χ1v) is 9.56. The molecular formula is C21H20N2O4S. The van der Waals surface area contributed by atoms with Crippen LogP contribution in [-0.2, 0) is 16.1 Å². The summed E-state index contributed by atoms with van der Waals surface area (Å²) in [7, 11) is 1.30. The lowest BCUT2D eigenvalue weighted by atomic mass is 10.2. The van der Waals surface area contributed by atoms with E-state index in [2.05, 4.69) is 10.3 Å². The number of nitrogens with zero attached hydrogens (tertiary/aromatic N) is 1. The van der Waals surface area contributed by atoms with Crippen LogP contribution >= 0.6 is 11.3 Å². The van der Waals surface area contributed by atoms with E-state index in [9.17, 15) is 9.59 Å². The fourth-order valence-electron chi connectivity index (χ4n) is 2.52. The van der Waals surface area contributed by atoms with Crippen LogP contribution in [0.2, 0.25) is 0 Å². The first kappa shape index (κ1) is 19.7. The number of amides is 1. The summed E-state index contributed by atoms with van der Waals surface area (Å²) in [4.78, 5) is 28.6. The number of methoxy groups -OCH3 is 1. The van der Waals surface area contributed by atoms with Crippen LogP contribution in [0.4, 0.5) is 0 Å². The summed E-state index contributed by atoms with van der Waals surface area (Å²) < 4.78 is 10.5. The molecule has 0 saturated heterocycles. The molecule has 3 rings (SSSR count). The van der Waals surface area contributed by atoms with E-state index < -0.39 is 12.0 Å². The third-order valence-corrected chi connectivity index (χ3v) is 4.91. The number of esters is 1. The van der Waals surface area contributed by atoms with Gasteiger partial charge in [0.25, 0.3) is 5.91 Å². The van der Waals surface area contributed by atoms with Gasteiger partial charge in [0.1, 0.15) is 11.0 Å². The number of hydrogen-bond donors (Lipinski definition) is 1. The van der Waals surface area contributed by atoms with E-state index in [0.29, 0.717) is 17.2 Å². The SMILES string of the molecule is COC(=O)c1csc(C(COCc2ccccc2)NC(=O)c2ccccc2)n1. The fraction of sp³-hybridized carbons (Fsp3) is 0.190. The number of carbonyl (C=O) groups excluding carboxylic acids is 2. The van der Waals surface area contributed by atoms with Gasteiger partial charge in [-0.3, -0.25) is 4.79 Å². The summed E-state index contributed by atoms with van der Waals surface area (Å²) in [6.45, 7) is 0.634. The molecule has 1 unspecified atom stereocenters. The lowest BCUT2D eigenvalue weighted by molar-refractivity contribution is 0.0594. The first-order valence-electron chi connectivity index (χ1n) is 8.68. The molecule has 1 aromatic heterocycles. The Bertz CT molecular complexity index is 912. The van der Waals surface area contributed by atoms with Crippen LogP contribution in [0, 0.1) is 0 Å². The normalized spacial score (nSPS) is 11.6. The molecule has 0 saturated carbocycles. The van der Waals surface area contributed by atoms with Crippen molar-refractivity contribution >= 4 is 23.2 Å². The van der Waals surface area contributed by atoms with Gasteiger partial charge in [-0.15, -0.1) is 11.3 Å². The summed E-state index contributed by atoms with van der Waals surface area (Å²) in [5.74, 6) is -0.746. The van der Waals surface area contributed by atoms with E-state index >= 15 is 0 Å². The van der Waals surface area contributed by atoms with Crippen LogP contribution in [0.15, 0.2) is 66.0 Å². The van der Waals surface area contributed by atoms with Crippen LogP contribution < -0.4 is 5.32 Å². The number of ether oxygens (including phenoxy) is 2. The Kier molecular flexibility index (Phi) is 6.89. The van der Waals surface area contributed by atoms with Crippen molar-refractivity contribution < 1.29 is 19.1 Å². The minimum Gasteiger partial charge on any atom is -0.464 e. The van der Waals surface area contributed by atoms with Gasteiger partial charge in [0.15, 0.2) is 5.69 Å². The zero-order valence-electron chi connectivity index (χ0n) is 15.3. The van der Waals surface area contributed by atoms with Crippen LogP contribution in [0.5, 0.6) is 0 Å². The molecule has 0 aliphatic heterocycles. The zero-order valence-corrected chi connectivity index (χ0v) is 16.1. The number of carbonyl (C=O) groups is 2. The summed E-state index contributed by atoms with van der Waals surface area (Å²) >= 11 is 1.28. The van der Waals surface area contributed by atoms with E-state index in [1.54, 1.807) is 29.6 Å². The Balaban J connectivity index is 1.72. The van der Waals surface area contributed by atoms with Crippen LogP contribution in [-0.4, -0.2) is 30.6 Å². The minimum atomic E-state index is -0.513. The predicted molar refractivity (Wildman–Crippen MR) is 106 cm³/mol. The zero-order chi connectivity index (χ0) is 19.8. The first-order chi connectivity index (χ1) is 13.7. The van der Waals surface area contributed by atoms with Crippen LogP contribution in [0.25, 0.3) is 0 Å². The Morgan fingerprint density at radius 3 is 2.43 bits per heavy atom. The van der Waals surface area contributed by atoms with Gasteiger partial charge in [0.05, 0.1) is 20.3 Å². The molecular weight excluding hydrogens is 376 g/mol. The third-order valence-electron chi connectivity index (χ3n) is 3.95. The molecule has 3 aromatic rings. The highest BCUT2D eigenvalue weighted by Gasteiger charge is 2.21. The highest BCUT2D eigenvalue weighted by molar-refractivity contribution is 7.09. The quantitative estimate of drug-likeness (QED) is 0.589. The lowest BCUT2D eigenvalue weighted by Gasteiger charge is -2.17. The maximum atomic E-state index is 12.6. The number of aromatic nitrogens is 1. The predicted octanol–water partition coefficient (Wildman–Crippen LogP) is 3.62. The number of hydrogen-bond acceptors (Lipinski definition) is 6. The van der Waals surface area contributed by atoms with Gasteiger partial charge in [0, 0.05) is 10.9 Å². The van der Waals surface area contributed by atoms with Gasteiger partial charge in [-0.05, 0) is 17.7 Å². The Labute approximate surface area is 167 Å². The van der Waals surface area contributed by atoms with Gasteiger partial charge < -0.3 is 14.8 Å². The second-order valence-electron chi connectivity index (χ2n) is 5.96. The average Bonchev–Trinajstić information content (AvgIpc) is 3.24. The second-order valence-corrected chi connectivity index (χ2v) is 6.85. The molecule has 7 heteroatoms. The topological polar surface area (TPSA) is 77.5 Å². The second kappa shape index (κ2) is 9.77. The highest BCUT2D eigenvalue weighted by Crippen LogP contribution is 2.20. The maximum absolute atomic E-state index is 12.6. The summed E-state index contributed by atoms with van der Waals surface area (Å²) in [6, 6.07) is 18.2. The number of thiazole rings is 1. The number of benzene rings is 2. The largest absolute Gasteiger partial charge is 0.464 e. The molecule has 0 bridgehead atoms. The van der Waals surface area contributed by atoms with Crippen molar-refractivity contribution in [1.29, 1.82) is 0 Å². The van der Waals surface area contributed by atoms with Crippen LogP contribution in [0.3, 0.4) is 0 Å². The smallest absolute Gasteiger partial charge is 0.357 e. The molecule has 0 aliphatic rings. The van der Waals surface area contributed by atoms with E-state index in [4.69, 9.17) is 9.47 Å². The fourth-order valence-corrected chi connectivity index (χ4v) is 3.34. The van der Waals surface area contributed by atoms with Crippen molar-refractivity contribution in [1.82, 2.24) is 10.3 Å². The van der Waals surface area contributed by atoms with Gasteiger partial charge >= 0.3 is 5.97 Å². The van der Waals surface area contributed by atoms with Gasteiger partial charge in [-0.1, -0.05) is 48.5 Å². The third kappa shape index (κ3) is 5.25. The van der Waals surface area contributed by atoms with Crippen molar-refractivity contribution in [2.24, 2.45) is 0 Å². The highest BCUT2D eigenvalue weighted by atomic mass is 32.1. The average molecular weight is 396 g/mol.